The third-order valence-corrected chi connectivity index (χ3v) is 3.38. The number of Topliss-reactive ketones (excluding diaryl/α,β-unsaturated/α-hetero) is 1. The lowest BCUT2D eigenvalue weighted by atomic mass is 10.0. The van der Waals surface area contributed by atoms with Crippen LogP contribution in [0.1, 0.15) is 15.9 Å². The number of carbonyl (C=O) groups excluding carboxylic acids is 1. The van der Waals surface area contributed by atoms with Crippen molar-refractivity contribution in [3.63, 3.8) is 0 Å². The van der Waals surface area contributed by atoms with Crippen LogP contribution < -0.4 is 4.74 Å². The average Bonchev–Trinajstić information content (AvgIpc) is 2.42. The molecule has 2 aromatic carbocycles. The van der Waals surface area contributed by atoms with Crippen molar-refractivity contribution in [1.82, 2.24) is 0 Å². The van der Waals surface area contributed by atoms with Gasteiger partial charge in [-0.3, -0.25) is 4.79 Å². The number of rotatable bonds is 4. The standard InChI is InChI=1S/C15H12BrFO2/c1-19-12-4-2-3-10(7-12)8-15(18)11-5-6-13(16)14(17)9-11/h2-7,9H,8H2,1H3. The Balaban J connectivity index is 2.18. The van der Waals surface area contributed by atoms with E-state index in [1.54, 1.807) is 19.2 Å². The van der Waals surface area contributed by atoms with Gasteiger partial charge in [0.1, 0.15) is 11.6 Å². The van der Waals surface area contributed by atoms with Crippen molar-refractivity contribution in [1.29, 1.82) is 0 Å². The van der Waals surface area contributed by atoms with E-state index in [1.165, 1.54) is 12.1 Å². The Hall–Kier alpha value is -1.68. The molecule has 4 heteroatoms. The zero-order valence-electron chi connectivity index (χ0n) is 10.3. The fraction of sp³-hybridized carbons (Fsp3) is 0.133. The fourth-order valence-electron chi connectivity index (χ4n) is 1.74. The molecule has 0 unspecified atom stereocenters. The Morgan fingerprint density at radius 1 is 1.26 bits per heavy atom. The molecule has 98 valence electrons. The normalized spacial score (nSPS) is 10.3. The molecule has 0 amide bonds. The third kappa shape index (κ3) is 3.41. The molecule has 0 atom stereocenters. The van der Waals surface area contributed by atoms with E-state index >= 15 is 0 Å². The zero-order valence-corrected chi connectivity index (χ0v) is 11.9. The lowest BCUT2D eigenvalue weighted by Crippen LogP contribution is -2.04. The molecule has 0 heterocycles. The summed E-state index contributed by atoms with van der Waals surface area (Å²) in [6, 6.07) is 11.7. The van der Waals surface area contributed by atoms with E-state index in [0.29, 0.717) is 15.8 Å². The predicted molar refractivity (Wildman–Crippen MR) is 75.1 cm³/mol. The highest BCUT2D eigenvalue weighted by Gasteiger charge is 2.10. The van der Waals surface area contributed by atoms with Crippen LogP contribution in [-0.4, -0.2) is 12.9 Å². The summed E-state index contributed by atoms with van der Waals surface area (Å²) < 4.78 is 18.8. The number of carbonyl (C=O) groups is 1. The average molecular weight is 323 g/mol. The molecule has 0 N–H and O–H groups in total. The van der Waals surface area contributed by atoms with Gasteiger partial charge < -0.3 is 4.74 Å². The number of benzene rings is 2. The van der Waals surface area contributed by atoms with Gasteiger partial charge in [-0.2, -0.15) is 0 Å². The largest absolute Gasteiger partial charge is 0.497 e. The second kappa shape index (κ2) is 5.97. The van der Waals surface area contributed by atoms with Gasteiger partial charge in [0.15, 0.2) is 5.78 Å². The number of ether oxygens (including phenoxy) is 1. The van der Waals surface area contributed by atoms with Gasteiger partial charge >= 0.3 is 0 Å². The van der Waals surface area contributed by atoms with E-state index in [-0.39, 0.29) is 12.2 Å². The molecular weight excluding hydrogens is 311 g/mol. The van der Waals surface area contributed by atoms with Crippen molar-refractivity contribution in [2.24, 2.45) is 0 Å². The van der Waals surface area contributed by atoms with Gasteiger partial charge in [-0.25, -0.2) is 4.39 Å². The Labute approximate surface area is 119 Å². The molecule has 0 saturated heterocycles. The number of halogens is 2. The summed E-state index contributed by atoms with van der Waals surface area (Å²) in [6.45, 7) is 0. The molecule has 0 fully saturated rings. The quantitative estimate of drug-likeness (QED) is 0.795. The van der Waals surface area contributed by atoms with Crippen LogP contribution >= 0.6 is 15.9 Å². The summed E-state index contributed by atoms with van der Waals surface area (Å²) in [6.07, 6.45) is 0.221. The molecule has 0 aliphatic heterocycles. The minimum absolute atomic E-state index is 0.125. The lowest BCUT2D eigenvalue weighted by molar-refractivity contribution is 0.0992. The summed E-state index contributed by atoms with van der Waals surface area (Å²) in [5.41, 5.74) is 1.20. The molecule has 2 aromatic rings. The van der Waals surface area contributed by atoms with Crippen molar-refractivity contribution in [3.8, 4) is 5.75 Å². The van der Waals surface area contributed by atoms with E-state index in [9.17, 15) is 9.18 Å². The first-order chi connectivity index (χ1) is 9.10. The lowest BCUT2D eigenvalue weighted by Gasteiger charge is -2.05. The summed E-state index contributed by atoms with van der Waals surface area (Å²) in [7, 11) is 1.57. The Bertz CT molecular complexity index is 611. The smallest absolute Gasteiger partial charge is 0.167 e. The second-order valence-corrected chi connectivity index (χ2v) is 4.93. The van der Waals surface area contributed by atoms with E-state index in [1.807, 2.05) is 18.2 Å². The summed E-state index contributed by atoms with van der Waals surface area (Å²) in [4.78, 5) is 12.1. The molecule has 0 saturated carbocycles. The van der Waals surface area contributed by atoms with Crippen LogP contribution in [0.5, 0.6) is 5.75 Å². The highest BCUT2D eigenvalue weighted by atomic mass is 79.9. The van der Waals surface area contributed by atoms with Gasteiger partial charge in [0.05, 0.1) is 11.6 Å². The molecule has 0 radical (unpaired) electrons. The van der Waals surface area contributed by atoms with Crippen LogP contribution in [0.2, 0.25) is 0 Å². The second-order valence-electron chi connectivity index (χ2n) is 4.08. The molecule has 0 bridgehead atoms. The van der Waals surface area contributed by atoms with Crippen molar-refractivity contribution in [2.45, 2.75) is 6.42 Å². The number of methoxy groups -OCH3 is 1. The van der Waals surface area contributed by atoms with Crippen LogP contribution in [0.3, 0.4) is 0 Å². The van der Waals surface area contributed by atoms with Crippen LogP contribution in [0.25, 0.3) is 0 Å². The van der Waals surface area contributed by atoms with Crippen molar-refractivity contribution in [3.05, 3.63) is 63.9 Å². The van der Waals surface area contributed by atoms with Gasteiger partial charge in [-0.05, 0) is 45.8 Å². The highest BCUT2D eigenvalue weighted by Crippen LogP contribution is 2.19. The predicted octanol–water partition coefficient (Wildman–Crippen LogP) is 4.02. The van der Waals surface area contributed by atoms with Crippen LogP contribution in [0.4, 0.5) is 4.39 Å². The molecule has 2 nitrogen and oxygen atoms in total. The SMILES string of the molecule is COc1cccc(CC(=O)c2ccc(Br)c(F)c2)c1. The molecule has 0 aliphatic rings. The van der Waals surface area contributed by atoms with Crippen LogP contribution in [0.15, 0.2) is 46.9 Å². The Kier molecular flexibility index (Phi) is 4.32. The van der Waals surface area contributed by atoms with E-state index in [4.69, 9.17) is 4.74 Å². The highest BCUT2D eigenvalue weighted by molar-refractivity contribution is 9.10. The van der Waals surface area contributed by atoms with Gasteiger partial charge in [-0.1, -0.05) is 18.2 Å². The topological polar surface area (TPSA) is 26.3 Å². The summed E-state index contributed by atoms with van der Waals surface area (Å²) >= 11 is 3.06. The van der Waals surface area contributed by atoms with Gasteiger partial charge in [0.25, 0.3) is 0 Å². The molecule has 0 spiro atoms. The first kappa shape index (κ1) is 13.7. The van der Waals surface area contributed by atoms with Crippen molar-refractivity contribution < 1.29 is 13.9 Å². The summed E-state index contributed by atoms with van der Waals surface area (Å²) in [5.74, 6) is 0.142. The van der Waals surface area contributed by atoms with E-state index in [0.717, 1.165) is 5.56 Å². The van der Waals surface area contributed by atoms with Gasteiger partial charge in [0, 0.05) is 12.0 Å². The number of hydrogen-bond donors (Lipinski definition) is 0. The monoisotopic (exact) mass is 322 g/mol. The Morgan fingerprint density at radius 3 is 2.74 bits per heavy atom. The maximum atomic E-state index is 13.4. The fourth-order valence-corrected chi connectivity index (χ4v) is 1.99. The number of ketones is 1. The molecular formula is C15H12BrFO2. The minimum Gasteiger partial charge on any atom is -0.497 e. The van der Waals surface area contributed by atoms with Crippen molar-refractivity contribution in [2.75, 3.05) is 7.11 Å². The zero-order chi connectivity index (χ0) is 13.8. The van der Waals surface area contributed by atoms with Crippen LogP contribution in [0, 0.1) is 5.82 Å². The maximum Gasteiger partial charge on any atom is 0.167 e. The van der Waals surface area contributed by atoms with E-state index < -0.39 is 5.82 Å². The van der Waals surface area contributed by atoms with Crippen LogP contribution in [-0.2, 0) is 6.42 Å². The van der Waals surface area contributed by atoms with Gasteiger partial charge in [-0.15, -0.1) is 0 Å². The molecule has 19 heavy (non-hydrogen) atoms. The summed E-state index contributed by atoms with van der Waals surface area (Å²) in [5, 5.41) is 0. The maximum absolute atomic E-state index is 13.4. The first-order valence-corrected chi connectivity index (χ1v) is 6.50. The Morgan fingerprint density at radius 2 is 2.05 bits per heavy atom. The third-order valence-electron chi connectivity index (χ3n) is 2.74. The molecule has 2 rings (SSSR count). The molecule has 0 aliphatic carbocycles. The van der Waals surface area contributed by atoms with Crippen molar-refractivity contribution >= 4 is 21.7 Å². The minimum atomic E-state index is -0.434. The first-order valence-electron chi connectivity index (χ1n) is 5.71. The van der Waals surface area contributed by atoms with E-state index in [2.05, 4.69) is 15.9 Å². The molecule has 0 aromatic heterocycles. The number of hydrogen-bond acceptors (Lipinski definition) is 2. The van der Waals surface area contributed by atoms with Gasteiger partial charge in [0.2, 0.25) is 0 Å².